The Bertz CT molecular complexity index is 609. The third-order valence-corrected chi connectivity index (χ3v) is 10.3. The third kappa shape index (κ3) is 36.7. The zero-order valence-corrected chi connectivity index (χ0v) is 32.1. The summed E-state index contributed by atoms with van der Waals surface area (Å²) in [4.78, 5) is 12.3. The minimum Gasteiger partial charge on any atom is -0.393 e. The van der Waals surface area contributed by atoms with Gasteiger partial charge < -0.3 is 15.3 Å². The Labute approximate surface area is 295 Å². The predicted octanol–water partition coefficient (Wildman–Crippen LogP) is 13.1. The fourth-order valence-electron chi connectivity index (χ4n) is 7.04. The average Bonchev–Trinajstić information content (AvgIpc) is 3.05. The Morgan fingerprint density at radius 2 is 0.617 bits per heavy atom. The van der Waals surface area contributed by atoms with Crippen molar-refractivity contribution in [1.29, 1.82) is 0 Å². The Kier molecular flexibility index (Phi) is 38.0. The summed E-state index contributed by atoms with van der Waals surface area (Å²) in [6.07, 6.45) is 42.7. The molecule has 0 bridgehead atoms. The van der Waals surface area contributed by atoms with Crippen LogP contribution in [-0.2, 0) is 4.79 Å². The van der Waals surface area contributed by atoms with Crippen molar-refractivity contribution >= 4 is 5.78 Å². The molecule has 0 aromatic heterocycles. The van der Waals surface area contributed by atoms with Crippen molar-refractivity contribution in [3.05, 3.63) is 0 Å². The first-order chi connectivity index (χ1) is 23.0. The monoisotopic (exact) mass is 667 g/mol. The number of hydrogen-bond acceptors (Lipinski definition) is 4. The molecule has 0 aliphatic rings. The maximum atomic E-state index is 12.3. The fourth-order valence-corrected chi connectivity index (χ4v) is 7.04. The van der Waals surface area contributed by atoms with E-state index in [1.807, 2.05) is 0 Å². The van der Waals surface area contributed by atoms with Gasteiger partial charge in [-0.05, 0) is 19.3 Å². The molecular formula is C43H86O4. The number of hydrogen-bond donors (Lipinski definition) is 3. The number of aliphatic hydroxyl groups is 3. The summed E-state index contributed by atoms with van der Waals surface area (Å²) in [5.41, 5.74) is 0. The lowest BCUT2D eigenvalue weighted by Gasteiger charge is -2.17. The second kappa shape index (κ2) is 38.4. The van der Waals surface area contributed by atoms with E-state index < -0.39 is 18.3 Å². The highest BCUT2D eigenvalue weighted by atomic mass is 16.3. The van der Waals surface area contributed by atoms with E-state index in [1.165, 1.54) is 186 Å². The second-order valence-electron chi connectivity index (χ2n) is 15.3. The van der Waals surface area contributed by atoms with E-state index in [1.54, 1.807) is 0 Å². The van der Waals surface area contributed by atoms with Gasteiger partial charge in [0.1, 0.15) is 6.10 Å². The van der Waals surface area contributed by atoms with Crippen molar-refractivity contribution in [3.63, 3.8) is 0 Å². The molecule has 0 aliphatic carbocycles. The molecule has 0 heterocycles. The fraction of sp³-hybridized carbons (Fsp3) is 0.977. The van der Waals surface area contributed by atoms with Crippen LogP contribution in [0.25, 0.3) is 0 Å². The Hall–Kier alpha value is -0.450. The first-order valence-electron chi connectivity index (χ1n) is 21.6. The molecule has 0 radical (unpaired) electrons. The highest BCUT2D eigenvalue weighted by Gasteiger charge is 2.20. The van der Waals surface area contributed by atoms with Gasteiger partial charge >= 0.3 is 0 Å². The van der Waals surface area contributed by atoms with Gasteiger partial charge in [0.15, 0.2) is 5.78 Å². The molecule has 0 aromatic rings. The van der Waals surface area contributed by atoms with Crippen LogP contribution in [0.5, 0.6) is 0 Å². The molecule has 0 saturated heterocycles. The van der Waals surface area contributed by atoms with Gasteiger partial charge in [-0.25, -0.2) is 0 Å². The van der Waals surface area contributed by atoms with E-state index in [0.29, 0.717) is 12.8 Å². The summed E-state index contributed by atoms with van der Waals surface area (Å²) in [6, 6.07) is 0. The lowest BCUT2D eigenvalue weighted by atomic mass is 9.97. The number of aliphatic hydroxyl groups excluding tert-OH is 3. The van der Waals surface area contributed by atoms with Crippen LogP contribution in [-0.4, -0.2) is 39.4 Å². The Balaban J connectivity index is 3.46. The van der Waals surface area contributed by atoms with Gasteiger partial charge in [-0.3, -0.25) is 4.79 Å². The molecule has 3 unspecified atom stereocenters. The molecule has 0 aromatic carbocycles. The molecule has 0 aliphatic heterocycles. The van der Waals surface area contributed by atoms with Crippen LogP contribution in [0.3, 0.4) is 0 Å². The first-order valence-corrected chi connectivity index (χ1v) is 21.6. The average molecular weight is 667 g/mol. The zero-order chi connectivity index (χ0) is 34.5. The van der Waals surface area contributed by atoms with E-state index in [-0.39, 0.29) is 18.6 Å². The summed E-state index contributed by atoms with van der Waals surface area (Å²) in [7, 11) is 0. The molecule has 0 amide bonds. The zero-order valence-electron chi connectivity index (χ0n) is 32.1. The van der Waals surface area contributed by atoms with Gasteiger partial charge in [-0.1, -0.05) is 226 Å². The number of rotatable bonds is 40. The normalized spacial score (nSPS) is 13.6. The number of unbranched alkanes of at least 4 members (excludes halogenated alkanes) is 31. The third-order valence-electron chi connectivity index (χ3n) is 10.3. The molecule has 0 fully saturated rings. The van der Waals surface area contributed by atoms with E-state index in [4.69, 9.17) is 0 Å². The van der Waals surface area contributed by atoms with Gasteiger partial charge in [0.2, 0.25) is 0 Å². The summed E-state index contributed by atoms with van der Waals surface area (Å²) in [5, 5.41) is 30.9. The highest BCUT2D eigenvalue weighted by Crippen LogP contribution is 2.18. The van der Waals surface area contributed by atoms with E-state index in [2.05, 4.69) is 13.8 Å². The van der Waals surface area contributed by atoms with Crippen LogP contribution in [0.2, 0.25) is 0 Å². The maximum absolute atomic E-state index is 12.3. The SMILES string of the molecule is CCCCCCCCCCCCCCCCCCCCCCC(O)CC(O)CC(=O)C(O)CCCCCCCCCCCCCCC. The number of carbonyl (C=O) groups is 1. The Morgan fingerprint density at radius 3 is 0.915 bits per heavy atom. The van der Waals surface area contributed by atoms with E-state index >= 15 is 0 Å². The summed E-state index contributed by atoms with van der Waals surface area (Å²) in [5.74, 6) is -0.276. The van der Waals surface area contributed by atoms with Crippen LogP contribution in [0, 0.1) is 0 Å². The van der Waals surface area contributed by atoms with Crippen LogP contribution < -0.4 is 0 Å². The summed E-state index contributed by atoms with van der Waals surface area (Å²) < 4.78 is 0. The first kappa shape index (κ1) is 46.5. The van der Waals surface area contributed by atoms with Gasteiger partial charge in [-0.2, -0.15) is 0 Å². The summed E-state index contributed by atoms with van der Waals surface area (Å²) in [6.45, 7) is 4.55. The van der Waals surface area contributed by atoms with Crippen LogP contribution in [0.1, 0.15) is 251 Å². The largest absolute Gasteiger partial charge is 0.393 e. The van der Waals surface area contributed by atoms with Crippen LogP contribution in [0.15, 0.2) is 0 Å². The predicted molar refractivity (Wildman–Crippen MR) is 205 cm³/mol. The van der Waals surface area contributed by atoms with Gasteiger partial charge in [-0.15, -0.1) is 0 Å². The number of ketones is 1. The van der Waals surface area contributed by atoms with Crippen molar-refractivity contribution in [2.24, 2.45) is 0 Å². The van der Waals surface area contributed by atoms with Crippen molar-refractivity contribution in [1.82, 2.24) is 0 Å². The van der Waals surface area contributed by atoms with Crippen LogP contribution in [0.4, 0.5) is 0 Å². The van der Waals surface area contributed by atoms with Gasteiger partial charge in [0, 0.05) is 6.42 Å². The van der Waals surface area contributed by atoms with E-state index in [0.717, 1.165) is 25.7 Å². The molecular weight excluding hydrogens is 580 g/mol. The number of carbonyl (C=O) groups excluding carboxylic acids is 1. The quantitative estimate of drug-likeness (QED) is 0.0569. The summed E-state index contributed by atoms with van der Waals surface area (Å²) >= 11 is 0. The maximum Gasteiger partial charge on any atom is 0.163 e. The lowest BCUT2D eigenvalue weighted by Crippen LogP contribution is -2.27. The highest BCUT2D eigenvalue weighted by molar-refractivity contribution is 5.83. The smallest absolute Gasteiger partial charge is 0.163 e. The van der Waals surface area contributed by atoms with E-state index in [9.17, 15) is 20.1 Å². The molecule has 3 atom stereocenters. The molecule has 3 N–H and O–H groups in total. The van der Waals surface area contributed by atoms with Crippen LogP contribution >= 0.6 is 0 Å². The van der Waals surface area contributed by atoms with Crippen molar-refractivity contribution in [2.75, 3.05) is 0 Å². The molecule has 0 saturated carbocycles. The molecule has 0 spiro atoms. The van der Waals surface area contributed by atoms with Crippen molar-refractivity contribution in [2.45, 2.75) is 270 Å². The minimum absolute atomic E-state index is 0.0457. The second-order valence-corrected chi connectivity index (χ2v) is 15.3. The molecule has 47 heavy (non-hydrogen) atoms. The topological polar surface area (TPSA) is 77.8 Å². The van der Waals surface area contributed by atoms with Crippen molar-refractivity contribution < 1.29 is 20.1 Å². The molecule has 0 rings (SSSR count). The molecule has 4 heteroatoms. The number of Topliss-reactive ketones (excluding diaryl/α,β-unsaturated/α-hetero) is 1. The van der Waals surface area contributed by atoms with Crippen molar-refractivity contribution in [3.8, 4) is 0 Å². The minimum atomic E-state index is -0.973. The Morgan fingerprint density at radius 1 is 0.362 bits per heavy atom. The lowest BCUT2D eigenvalue weighted by molar-refractivity contribution is -0.129. The van der Waals surface area contributed by atoms with Gasteiger partial charge in [0.25, 0.3) is 0 Å². The van der Waals surface area contributed by atoms with Gasteiger partial charge in [0.05, 0.1) is 12.2 Å². The molecule has 4 nitrogen and oxygen atoms in total. The standard InChI is InChI=1S/C43H86O4/c1-3-5-7-9-11-13-15-17-18-19-20-21-22-23-25-26-28-30-32-34-36-40(44)38-41(45)39-43(47)42(46)37-35-33-31-29-27-24-16-14-12-10-8-6-4-2/h40-42,44-46H,3-39H2,1-2H3. The molecule has 282 valence electrons.